The van der Waals surface area contributed by atoms with Gasteiger partial charge in [0.15, 0.2) is 6.54 Å². The van der Waals surface area contributed by atoms with Crippen molar-refractivity contribution in [1.82, 2.24) is 0 Å². The quantitative estimate of drug-likeness (QED) is 0.869. The summed E-state index contributed by atoms with van der Waals surface area (Å²) in [6.45, 7) is 9.66. The van der Waals surface area contributed by atoms with Crippen LogP contribution in [-0.4, -0.2) is 31.1 Å². The molecule has 4 rings (SSSR count). The van der Waals surface area contributed by atoms with Gasteiger partial charge in [0, 0.05) is 16.6 Å². The van der Waals surface area contributed by atoms with Gasteiger partial charge < -0.3 is 9.80 Å². The summed E-state index contributed by atoms with van der Waals surface area (Å²) in [6, 6.07) is 19.3. The lowest BCUT2D eigenvalue weighted by atomic mass is 9.65. The van der Waals surface area contributed by atoms with Crippen LogP contribution in [0.1, 0.15) is 57.6 Å². The maximum Gasteiger partial charge on any atom is 0.282 e. The molecule has 3 heteroatoms. The van der Waals surface area contributed by atoms with Crippen LogP contribution in [0.15, 0.2) is 54.6 Å². The number of para-hydroxylation sites is 1. The third-order valence-corrected chi connectivity index (χ3v) is 6.75. The Morgan fingerprint density at radius 3 is 2.29 bits per heavy atom. The number of nitrogens with zero attached hydrogens (tertiary/aromatic N) is 1. The van der Waals surface area contributed by atoms with Gasteiger partial charge in [-0.25, -0.2) is 0 Å². The first-order valence-corrected chi connectivity index (χ1v) is 10.7. The summed E-state index contributed by atoms with van der Waals surface area (Å²) in [5.74, 6) is 0.268. The van der Waals surface area contributed by atoms with Crippen LogP contribution >= 0.6 is 0 Å². The van der Waals surface area contributed by atoms with E-state index in [0.29, 0.717) is 6.54 Å². The number of piperidine rings is 1. The number of fused-ring (bicyclic) bond motifs is 1. The van der Waals surface area contributed by atoms with E-state index in [4.69, 9.17) is 0 Å². The Hall–Kier alpha value is -2.13. The molecular weight excluding hydrogens is 344 g/mol. The van der Waals surface area contributed by atoms with Gasteiger partial charge in [-0.05, 0) is 56.7 Å². The van der Waals surface area contributed by atoms with Gasteiger partial charge in [0.25, 0.3) is 5.91 Å². The van der Waals surface area contributed by atoms with Crippen LogP contribution in [0.2, 0.25) is 0 Å². The molecule has 1 unspecified atom stereocenters. The highest BCUT2D eigenvalue weighted by atomic mass is 16.2. The molecule has 2 aromatic rings. The van der Waals surface area contributed by atoms with E-state index in [2.05, 4.69) is 80.3 Å². The number of benzene rings is 2. The number of rotatable bonds is 3. The van der Waals surface area contributed by atoms with Crippen LogP contribution < -0.4 is 9.80 Å². The second-order valence-electron chi connectivity index (χ2n) is 9.42. The number of hydrogen-bond acceptors (Lipinski definition) is 1. The minimum absolute atomic E-state index is 0.101. The Morgan fingerprint density at radius 2 is 1.57 bits per heavy atom. The molecule has 28 heavy (non-hydrogen) atoms. The first-order valence-electron chi connectivity index (χ1n) is 10.7. The van der Waals surface area contributed by atoms with Crippen molar-refractivity contribution in [2.75, 3.05) is 24.5 Å². The number of hydrogen-bond donors (Lipinski definition) is 1. The third kappa shape index (κ3) is 3.37. The minimum Gasteiger partial charge on any atom is -0.327 e. The van der Waals surface area contributed by atoms with Crippen molar-refractivity contribution in [3.05, 3.63) is 65.7 Å². The maximum absolute atomic E-state index is 13.5. The molecule has 0 spiro atoms. The average molecular weight is 378 g/mol. The largest absolute Gasteiger partial charge is 0.327 e. The predicted octanol–water partition coefficient (Wildman–Crippen LogP) is 3.58. The molecule has 0 radical (unpaired) electrons. The van der Waals surface area contributed by atoms with Crippen molar-refractivity contribution < 1.29 is 9.69 Å². The second kappa shape index (κ2) is 7.36. The lowest BCUT2D eigenvalue weighted by Gasteiger charge is -2.51. The second-order valence-corrected chi connectivity index (χ2v) is 9.42. The highest BCUT2D eigenvalue weighted by Crippen LogP contribution is 2.50. The lowest BCUT2D eigenvalue weighted by molar-refractivity contribution is -0.896. The number of likely N-dealkylation sites (tertiary alicyclic amines) is 1. The van der Waals surface area contributed by atoms with E-state index in [9.17, 15) is 4.79 Å². The molecule has 2 aromatic carbocycles. The predicted molar refractivity (Wildman–Crippen MR) is 115 cm³/mol. The molecule has 0 aliphatic carbocycles. The molecule has 1 saturated heterocycles. The molecule has 148 valence electrons. The maximum atomic E-state index is 13.5. The molecule has 2 heterocycles. The van der Waals surface area contributed by atoms with Gasteiger partial charge in [-0.3, -0.25) is 4.79 Å². The number of carbonyl (C=O) groups excluding carboxylic acids is 1. The number of amides is 1. The van der Waals surface area contributed by atoms with Crippen LogP contribution in [0.3, 0.4) is 0 Å². The summed E-state index contributed by atoms with van der Waals surface area (Å²) in [7, 11) is 0. The third-order valence-electron chi connectivity index (χ3n) is 6.75. The first kappa shape index (κ1) is 19.2. The Labute approximate surface area is 169 Å². The number of nitrogens with one attached hydrogen (secondary N) is 1. The van der Waals surface area contributed by atoms with Gasteiger partial charge in [0.1, 0.15) is 0 Å². The van der Waals surface area contributed by atoms with Gasteiger partial charge in [-0.15, -0.1) is 0 Å². The van der Waals surface area contributed by atoms with E-state index in [1.165, 1.54) is 35.3 Å². The summed E-state index contributed by atoms with van der Waals surface area (Å²) in [4.78, 5) is 17.0. The zero-order valence-electron chi connectivity index (χ0n) is 17.5. The molecule has 2 aliphatic rings. The van der Waals surface area contributed by atoms with Crippen LogP contribution in [0, 0.1) is 0 Å². The monoisotopic (exact) mass is 377 g/mol. The van der Waals surface area contributed by atoms with E-state index in [1.807, 2.05) is 0 Å². The molecule has 0 aromatic heterocycles. The average Bonchev–Trinajstić information content (AvgIpc) is 2.69. The fourth-order valence-electron chi connectivity index (χ4n) is 5.56. The molecule has 0 bridgehead atoms. The first-order chi connectivity index (χ1) is 13.4. The lowest BCUT2D eigenvalue weighted by Crippen LogP contribution is -3.14. The Balaban J connectivity index is 1.73. The van der Waals surface area contributed by atoms with Gasteiger partial charge >= 0.3 is 0 Å². The summed E-state index contributed by atoms with van der Waals surface area (Å²) in [5.41, 5.74) is 3.35. The number of anilines is 1. The topological polar surface area (TPSA) is 24.8 Å². The van der Waals surface area contributed by atoms with Crippen molar-refractivity contribution >= 4 is 11.6 Å². The van der Waals surface area contributed by atoms with Crippen molar-refractivity contribution in [3.8, 4) is 0 Å². The van der Waals surface area contributed by atoms with Crippen molar-refractivity contribution in [2.24, 2.45) is 0 Å². The van der Waals surface area contributed by atoms with Crippen molar-refractivity contribution in [1.29, 1.82) is 0 Å². The Kier molecular flexibility index (Phi) is 5.05. The fourth-order valence-corrected chi connectivity index (χ4v) is 5.56. The fraction of sp³-hybridized carbons (Fsp3) is 0.480. The number of carbonyl (C=O) groups is 1. The van der Waals surface area contributed by atoms with E-state index >= 15 is 0 Å². The summed E-state index contributed by atoms with van der Waals surface area (Å²) in [5, 5.41) is 0. The molecule has 1 N–H and O–H groups in total. The van der Waals surface area contributed by atoms with E-state index < -0.39 is 0 Å². The van der Waals surface area contributed by atoms with Crippen LogP contribution in [0.25, 0.3) is 0 Å². The minimum atomic E-state index is -0.231. The normalized spacial score (nSPS) is 24.6. The van der Waals surface area contributed by atoms with E-state index in [0.717, 1.165) is 25.2 Å². The molecule has 2 aliphatic heterocycles. The standard InChI is InChI=1S/C25H32N2O/c1-24(2)19-25(3,20-12-6-4-7-13-20)21-14-8-9-15-22(21)27(24)23(28)18-26-16-10-5-11-17-26/h4,6-9,12-15H,5,10-11,16-19H2,1-3H3/p+1. The molecule has 0 saturated carbocycles. The van der Waals surface area contributed by atoms with E-state index in [1.54, 1.807) is 0 Å². The molecule has 1 amide bonds. The Bertz CT molecular complexity index is 839. The molecule has 1 fully saturated rings. The van der Waals surface area contributed by atoms with Gasteiger partial charge in [0.2, 0.25) is 0 Å². The summed E-state index contributed by atoms with van der Waals surface area (Å²) in [6.07, 6.45) is 4.72. The van der Waals surface area contributed by atoms with Gasteiger partial charge in [0.05, 0.1) is 13.1 Å². The Morgan fingerprint density at radius 1 is 0.929 bits per heavy atom. The molecule has 1 atom stereocenters. The van der Waals surface area contributed by atoms with Crippen LogP contribution in [-0.2, 0) is 10.2 Å². The van der Waals surface area contributed by atoms with Crippen molar-refractivity contribution in [2.45, 2.75) is 57.4 Å². The van der Waals surface area contributed by atoms with Gasteiger partial charge in [-0.2, -0.15) is 0 Å². The SMILES string of the molecule is CC1(c2ccccc2)CC(C)(C)N(C(=O)C[NH+]2CCCCC2)c2ccccc21. The summed E-state index contributed by atoms with van der Waals surface area (Å²) < 4.78 is 0. The number of quaternary nitrogens is 1. The van der Waals surface area contributed by atoms with E-state index in [-0.39, 0.29) is 16.9 Å². The van der Waals surface area contributed by atoms with Crippen molar-refractivity contribution in [3.63, 3.8) is 0 Å². The van der Waals surface area contributed by atoms with Crippen LogP contribution in [0.5, 0.6) is 0 Å². The van der Waals surface area contributed by atoms with Crippen LogP contribution in [0.4, 0.5) is 5.69 Å². The molecule has 3 nitrogen and oxygen atoms in total. The highest BCUT2D eigenvalue weighted by molar-refractivity contribution is 5.97. The zero-order valence-corrected chi connectivity index (χ0v) is 17.5. The van der Waals surface area contributed by atoms with Gasteiger partial charge in [-0.1, -0.05) is 55.5 Å². The zero-order chi connectivity index (χ0) is 19.8. The molecular formula is C25H33N2O+. The smallest absolute Gasteiger partial charge is 0.282 e. The summed E-state index contributed by atoms with van der Waals surface area (Å²) >= 11 is 0. The highest BCUT2D eigenvalue weighted by Gasteiger charge is 2.48.